The molecule has 70 valence electrons. The lowest BCUT2D eigenvalue weighted by molar-refractivity contribution is 0.0947. The first-order valence-electron chi connectivity index (χ1n) is 3.81. The topological polar surface area (TPSA) is 29.1 Å². The van der Waals surface area contributed by atoms with E-state index in [1.165, 1.54) is 11.3 Å². The first kappa shape index (κ1) is 10.5. The molecule has 0 aliphatic heterocycles. The molecule has 2 nitrogen and oxygen atoms in total. The molecule has 13 heavy (non-hydrogen) atoms. The summed E-state index contributed by atoms with van der Waals surface area (Å²) in [7, 11) is 0. The molecule has 1 atom stereocenters. The lowest BCUT2D eigenvalue weighted by Crippen LogP contribution is -2.30. The van der Waals surface area contributed by atoms with Crippen LogP contribution in [0.3, 0.4) is 0 Å². The quantitative estimate of drug-likeness (QED) is 0.832. The standard InChI is InChI=1S/C9H10BrNOS/c1-3-6(2)11-9(12)7-4-8(10)13-5-7/h3-6H,1H2,2H3,(H,11,12). The smallest absolute Gasteiger partial charge is 0.252 e. The minimum atomic E-state index is -0.0608. The summed E-state index contributed by atoms with van der Waals surface area (Å²) in [5.41, 5.74) is 0.686. The number of amides is 1. The van der Waals surface area contributed by atoms with Gasteiger partial charge in [-0.05, 0) is 28.9 Å². The molecule has 0 bridgehead atoms. The Morgan fingerprint density at radius 3 is 3.00 bits per heavy atom. The highest BCUT2D eigenvalue weighted by Gasteiger charge is 2.08. The van der Waals surface area contributed by atoms with Crippen LogP contribution in [0.15, 0.2) is 27.9 Å². The molecule has 4 heteroatoms. The lowest BCUT2D eigenvalue weighted by atomic mass is 10.3. The van der Waals surface area contributed by atoms with Crippen molar-refractivity contribution in [3.05, 3.63) is 33.5 Å². The van der Waals surface area contributed by atoms with Gasteiger partial charge in [-0.1, -0.05) is 6.08 Å². The summed E-state index contributed by atoms with van der Waals surface area (Å²) in [6.07, 6.45) is 1.69. The number of hydrogen-bond donors (Lipinski definition) is 1. The Kier molecular flexibility index (Phi) is 3.69. The third-order valence-corrected chi connectivity index (χ3v) is 3.05. The van der Waals surface area contributed by atoms with Gasteiger partial charge in [0.05, 0.1) is 9.35 Å². The second-order valence-electron chi connectivity index (χ2n) is 2.64. The minimum Gasteiger partial charge on any atom is -0.346 e. The molecular weight excluding hydrogens is 250 g/mol. The van der Waals surface area contributed by atoms with E-state index < -0.39 is 0 Å². The van der Waals surface area contributed by atoms with Crippen LogP contribution in [-0.2, 0) is 0 Å². The summed E-state index contributed by atoms with van der Waals surface area (Å²) in [6, 6.07) is 1.81. The Morgan fingerprint density at radius 1 is 1.85 bits per heavy atom. The minimum absolute atomic E-state index is 0.00572. The SMILES string of the molecule is C=CC(C)NC(=O)c1csc(Br)c1. The molecule has 0 saturated carbocycles. The monoisotopic (exact) mass is 259 g/mol. The predicted octanol–water partition coefficient (Wildman–Crippen LogP) is 2.81. The second kappa shape index (κ2) is 4.58. The van der Waals surface area contributed by atoms with E-state index in [-0.39, 0.29) is 11.9 Å². The van der Waals surface area contributed by atoms with E-state index in [0.717, 1.165) is 3.79 Å². The van der Waals surface area contributed by atoms with Gasteiger partial charge in [0, 0.05) is 11.4 Å². The predicted molar refractivity (Wildman–Crippen MR) is 59.1 cm³/mol. The van der Waals surface area contributed by atoms with Crippen LogP contribution in [0.2, 0.25) is 0 Å². The van der Waals surface area contributed by atoms with Crippen molar-refractivity contribution in [3.63, 3.8) is 0 Å². The van der Waals surface area contributed by atoms with E-state index in [2.05, 4.69) is 27.8 Å². The van der Waals surface area contributed by atoms with Gasteiger partial charge in [-0.15, -0.1) is 17.9 Å². The van der Waals surface area contributed by atoms with E-state index in [9.17, 15) is 4.79 Å². The molecule has 0 spiro atoms. The molecule has 0 fully saturated rings. The van der Waals surface area contributed by atoms with Crippen molar-refractivity contribution >= 4 is 33.2 Å². The summed E-state index contributed by atoms with van der Waals surface area (Å²) in [4.78, 5) is 11.5. The van der Waals surface area contributed by atoms with E-state index in [1.54, 1.807) is 12.1 Å². The fourth-order valence-electron chi connectivity index (χ4n) is 0.778. The van der Waals surface area contributed by atoms with Crippen molar-refractivity contribution in [3.8, 4) is 0 Å². The third-order valence-electron chi connectivity index (χ3n) is 1.54. The Balaban J connectivity index is 2.63. The number of thiophene rings is 1. The fraction of sp³-hybridized carbons (Fsp3) is 0.222. The molecule has 0 aliphatic carbocycles. The Morgan fingerprint density at radius 2 is 2.54 bits per heavy atom. The molecule has 0 aliphatic rings. The fourth-order valence-corrected chi connectivity index (χ4v) is 1.91. The molecule has 1 aromatic heterocycles. The molecule has 1 amide bonds. The van der Waals surface area contributed by atoms with E-state index in [1.807, 2.05) is 12.3 Å². The van der Waals surface area contributed by atoms with Crippen LogP contribution in [0.4, 0.5) is 0 Å². The molecular formula is C9H10BrNOS. The van der Waals surface area contributed by atoms with Crippen molar-refractivity contribution < 1.29 is 4.79 Å². The van der Waals surface area contributed by atoms with Crippen LogP contribution < -0.4 is 5.32 Å². The highest BCUT2D eigenvalue weighted by atomic mass is 79.9. The van der Waals surface area contributed by atoms with Gasteiger partial charge in [-0.3, -0.25) is 4.79 Å². The van der Waals surface area contributed by atoms with Crippen LogP contribution >= 0.6 is 27.3 Å². The summed E-state index contributed by atoms with van der Waals surface area (Å²) < 4.78 is 0.962. The number of hydrogen-bond acceptors (Lipinski definition) is 2. The zero-order valence-corrected chi connectivity index (χ0v) is 9.61. The normalized spacial score (nSPS) is 12.2. The Labute approximate surface area is 89.8 Å². The first-order chi connectivity index (χ1) is 6.13. The summed E-state index contributed by atoms with van der Waals surface area (Å²) in [5.74, 6) is -0.0608. The van der Waals surface area contributed by atoms with Crippen LogP contribution in [-0.4, -0.2) is 11.9 Å². The van der Waals surface area contributed by atoms with Crippen LogP contribution in [0, 0.1) is 0 Å². The van der Waals surface area contributed by atoms with E-state index >= 15 is 0 Å². The van der Waals surface area contributed by atoms with Crippen LogP contribution in [0.1, 0.15) is 17.3 Å². The maximum absolute atomic E-state index is 11.5. The number of rotatable bonds is 3. The van der Waals surface area contributed by atoms with Gasteiger partial charge in [-0.2, -0.15) is 0 Å². The van der Waals surface area contributed by atoms with Gasteiger partial charge in [0.2, 0.25) is 0 Å². The molecule has 0 aromatic carbocycles. The van der Waals surface area contributed by atoms with Crippen molar-refractivity contribution in [2.24, 2.45) is 0 Å². The molecule has 0 saturated heterocycles. The number of halogens is 1. The van der Waals surface area contributed by atoms with E-state index in [4.69, 9.17) is 0 Å². The number of carbonyl (C=O) groups excluding carboxylic acids is 1. The van der Waals surface area contributed by atoms with Crippen molar-refractivity contribution in [1.82, 2.24) is 5.32 Å². The average molecular weight is 260 g/mol. The Hall–Kier alpha value is -0.610. The summed E-state index contributed by atoms with van der Waals surface area (Å²) in [5, 5.41) is 4.60. The first-order valence-corrected chi connectivity index (χ1v) is 5.48. The van der Waals surface area contributed by atoms with Crippen molar-refractivity contribution in [1.29, 1.82) is 0 Å². The highest BCUT2D eigenvalue weighted by Crippen LogP contribution is 2.20. The zero-order chi connectivity index (χ0) is 9.84. The number of nitrogens with one attached hydrogen (secondary N) is 1. The molecule has 0 radical (unpaired) electrons. The highest BCUT2D eigenvalue weighted by molar-refractivity contribution is 9.11. The summed E-state index contributed by atoms with van der Waals surface area (Å²) >= 11 is 4.80. The molecule has 1 N–H and O–H groups in total. The van der Waals surface area contributed by atoms with Gasteiger partial charge in [0.15, 0.2) is 0 Å². The average Bonchev–Trinajstić information content (AvgIpc) is 2.51. The van der Waals surface area contributed by atoms with Gasteiger partial charge in [0.25, 0.3) is 5.91 Å². The zero-order valence-electron chi connectivity index (χ0n) is 7.21. The summed E-state index contributed by atoms with van der Waals surface area (Å²) in [6.45, 7) is 5.47. The second-order valence-corrected chi connectivity index (χ2v) is 4.93. The molecule has 1 heterocycles. The van der Waals surface area contributed by atoms with Crippen LogP contribution in [0.5, 0.6) is 0 Å². The van der Waals surface area contributed by atoms with Crippen LogP contribution in [0.25, 0.3) is 0 Å². The van der Waals surface area contributed by atoms with Crippen molar-refractivity contribution in [2.45, 2.75) is 13.0 Å². The van der Waals surface area contributed by atoms with Gasteiger partial charge in [-0.25, -0.2) is 0 Å². The molecule has 1 aromatic rings. The van der Waals surface area contributed by atoms with E-state index in [0.29, 0.717) is 5.56 Å². The number of carbonyl (C=O) groups is 1. The van der Waals surface area contributed by atoms with Crippen molar-refractivity contribution in [2.75, 3.05) is 0 Å². The van der Waals surface area contributed by atoms with Gasteiger partial charge >= 0.3 is 0 Å². The maximum atomic E-state index is 11.5. The third kappa shape index (κ3) is 2.97. The maximum Gasteiger partial charge on any atom is 0.252 e. The largest absolute Gasteiger partial charge is 0.346 e. The van der Waals surface area contributed by atoms with Gasteiger partial charge in [0.1, 0.15) is 0 Å². The Bertz CT molecular complexity index is 321. The molecule has 1 unspecified atom stereocenters. The van der Waals surface area contributed by atoms with Gasteiger partial charge < -0.3 is 5.32 Å². The molecule has 1 rings (SSSR count). The lowest BCUT2D eigenvalue weighted by Gasteiger charge is -2.07.